The third-order valence-electron chi connectivity index (χ3n) is 4.15. The second-order valence-corrected chi connectivity index (χ2v) is 6.30. The predicted octanol–water partition coefficient (Wildman–Crippen LogP) is 2.87. The van der Waals surface area contributed by atoms with Crippen LogP contribution in [0.2, 0.25) is 0 Å². The van der Waals surface area contributed by atoms with Crippen molar-refractivity contribution in [3.8, 4) is 0 Å². The molecule has 1 amide bonds. The highest BCUT2D eigenvalue weighted by Crippen LogP contribution is 2.27. The molecule has 2 N–H and O–H groups in total. The monoisotopic (exact) mass is 350 g/mol. The molecule has 3 rings (SSSR count). The number of nitrogens with one attached hydrogen (secondary N) is 1. The summed E-state index contributed by atoms with van der Waals surface area (Å²) in [6.07, 6.45) is 0.508. The lowest BCUT2D eigenvalue weighted by molar-refractivity contribution is -0.142. The number of carbonyl (C=O) groups excluding carboxylic acids is 1. The molecule has 0 radical (unpaired) electrons. The van der Waals surface area contributed by atoms with Crippen LogP contribution in [0.15, 0.2) is 28.7 Å². The molecule has 0 spiro atoms. The van der Waals surface area contributed by atoms with Crippen molar-refractivity contribution in [3.63, 3.8) is 0 Å². The minimum atomic E-state index is -0.835. The highest BCUT2D eigenvalue weighted by molar-refractivity contribution is 9.10. The third-order valence-corrected chi connectivity index (χ3v) is 4.64. The standard InChI is InChI=1S/C15H15BrN2O3/c1-8-11(15(20)21)4-5-18(8)14(19)13-6-9-2-3-10(16)7-12(9)17-13/h2-3,6-8,11,17H,4-5H2,1H3,(H,20,21). The first-order valence-electron chi connectivity index (χ1n) is 6.79. The van der Waals surface area contributed by atoms with Gasteiger partial charge in [-0.05, 0) is 31.5 Å². The number of carboxylic acids is 1. The summed E-state index contributed by atoms with van der Waals surface area (Å²) in [7, 11) is 0. The summed E-state index contributed by atoms with van der Waals surface area (Å²) in [5.74, 6) is -1.45. The average Bonchev–Trinajstić information content (AvgIpc) is 3.00. The van der Waals surface area contributed by atoms with Gasteiger partial charge in [-0.1, -0.05) is 22.0 Å². The van der Waals surface area contributed by atoms with Gasteiger partial charge in [-0.25, -0.2) is 0 Å². The second-order valence-electron chi connectivity index (χ2n) is 5.39. The smallest absolute Gasteiger partial charge is 0.308 e. The van der Waals surface area contributed by atoms with E-state index >= 15 is 0 Å². The maximum atomic E-state index is 12.6. The second kappa shape index (κ2) is 5.18. The molecule has 110 valence electrons. The molecule has 1 saturated heterocycles. The fraction of sp³-hybridized carbons (Fsp3) is 0.333. The number of rotatable bonds is 2. The van der Waals surface area contributed by atoms with Crippen LogP contribution < -0.4 is 0 Å². The molecule has 1 aliphatic heterocycles. The largest absolute Gasteiger partial charge is 0.481 e. The van der Waals surface area contributed by atoms with Gasteiger partial charge in [0.25, 0.3) is 5.91 Å². The Balaban J connectivity index is 1.89. The topological polar surface area (TPSA) is 73.4 Å². The Labute approximate surface area is 130 Å². The molecule has 0 saturated carbocycles. The van der Waals surface area contributed by atoms with E-state index in [1.165, 1.54) is 0 Å². The number of benzene rings is 1. The lowest BCUT2D eigenvalue weighted by Gasteiger charge is -2.22. The Morgan fingerprint density at radius 3 is 2.81 bits per heavy atom. The van der Waals surface area contributed by atoms with Crippen LogP contribution in [0.4, 0.5) is 0 Å². The number of hydrogen-bond donors (Lipinski definition) is 2. The SMILES string of the molecule is CC1C(C(=O)O)CCN1C(=O)c1cc2ccc(Br)cc2[nH]1. The molecule has 1 aromatic carbocycles. The maximum Gasteiger partial charge on any atom is 0.308 e. The molecule has 2 heterocycles. The number of nitrogens with zero attached hydrogens (tertiary/aromatic N) is 1. The van der Waals surface area contributed by atoms with E-state index in [0.717, 1.165) is 15.4 Å². The molecule has 1 fully saturated rings. The molecular weight excluding hydrogens is 336 g/mol. The minimum Gasteiger partial charge on any atom is -0.481 e. The van der Waals surface area contributed by atoms with Crippen molar-refractivity contribution in [3.05, 3.63) is 34.4 Å². The lowest BCUT2D eigenvalue weighted by Crippen LogP contribution is -2.37. The normalized spacial score (nSPS) is 21.9. The van der Waals surface area contributed by atoms with Gasteiger partial charge >= 0.3 is 5.97 Å². The van der Waals surface area contributed by atoms with E-state index in [-0.39, 0.29) is 11.9 Å². The summed E-state index contributed by atoms with van der Waals surface area (Å²) < 4.78 is 0.941. The Bertz CT molecular complexity index is 725. The fourth-order valence-electron chi connectivity index (χ4n) is 2.93. The molecule has 6 heteroatoms. The van der Waals surface area contributed by atoms with Crippen LogP contribution in [0.3, 0.4) is 0 Å². The van der Waals surface area contributed by atoms with E-state index in [0.29, 0.717) is 18.7 Å². The van der Waals surface area contributed by atoms with Gasteiger partial charge < -0.3 is 15.0 Å². The summed E-state index contributed by atoms with van der Waals surface area (Å²) in [5, 5.41) is 10.1. The van der Waals surface area contributed by atoms with Gasteiger partial charge in [0.15, 0.2) is 0 Å². The number of H-pyrrole nitrogens is 1. The maximum absolute atomic E-state index is 12.6. The Hall–Kier alpha value is -1.82. The zero-order valence-corrected chi connectivity index (χ0v) is 13.1. The van der Waals surface area contributed by atoms with E-state index in [9.17, 15) is 9.59 Å². The van der Waals surface area contributed by atoms with Crippen molar-refractivity contribution < 1.29 is 14.7 Å². The van der Waals surface area contributed by atoms with Gasteiger partial charge in [-0.3, -0.25) is 9.59 Å². The molecule has 1 aliphatic rings. The molecule has 21 heavy (non-hydrogen) atoms. The Morgan fingerprint density at radius 2 is 2.14 bits per heavy atom. The molecule has 2 aromatic rings. The Morgan fingerprint density at radius 1 is 1.38 bits per heavy atom. The van der Waals surface area contributed by atoms with Crippen molar-refractivity contribution in [2.75, 3.05) is 6.54 Å². The molecule has 5 nitrogen and oxygen atoms in total. The first-order valence-corrected chi connectivity index (χ1v) is 7.58. The number of carbonyl (C=O) groups is 2. The quantitative estimate of drug-likeness (QED) is 0.874. The zero-order chi connectivity index (χ0) is 15.1. The number of carboxylic acid groups (broad SMARTS) is 1. The molecule has 2 atom stereocenters. The van der Waals surface area contributed by atoms with E-state index in [4.69, 9.17) is 5.11 Å². The van der Waals surface area contributed by atoms with Crippen LogP contribution in [-0.2, 0) is 4.79 Å². The summed E-state index contributed by atoms with van der Waals surface area (Å²) >= 11 is 3.40. The molecule has 0 aliphatic carbocycles. The summed E-state index contributed by atoms with van der Waals surface area (Å²) in [5.41, 5.74) is 1.38. The van der Waals surface area contributed by atoms with Gasteiger partial charge in [0.05, 0.1) is 5.92 Å². The van der Waals surface area contributed by atoms with E-state index in [1.807, 2.05) is 24.3 Å². The van der Waals surface area contributed by atoms with E-state index < -0.39 is 11.9 Å². The van der Waals surface area contributed by atoms with Crippen molar-refractivity contribution in [1.29, 1.82) is 0 Å². The summed E-state index contributed by atoms with van der Waals surface area (Å²) in [6, 6.07) is 7.29. The third kappa shape index (κ3) is 2.44. The average molecular weight is 351 g/mol. The van der Waals surface area contributed by atoms with Crippen LogP contribution >= 0.6 is 15.9 Å². The van der Waals surface area contributed by atoms with Crippen molar-refractivity contribution in [2.24, 2.45) is 5.92 Å². The van der Waals surface area contributed by atoms with Gasteiger partial charge in [0.2, 0.25) is 0 Å². The highest BCUT2D eigenvalue weighted by Gasteiger charge is 2.38. The number of aliphatic carboxylic acids is 1. The van der Waals surface area contributed by atoms with Crippen molar-refractivity contribution in [2.45, 2.75) is 19.4 Å². The van der Waals surface area contributed by atoms with Gasteiger partial charge in [-0.15, -0.1) is 0 Å². The first-order chi connectivity index (χ1) is 9.97. The molecule has 1 aromatic heterocycles. The van der Waals surface area contributed by atoms with Crippen LogP contribution in [0.1, 0.15) is 23.8 Å². The number of likely N-dealkylation sites (tertiary alicyclic amines) is 1. The summed E-state index contributed by atoms with van der Waals surface area (Å²) in [6.45, 7) is 2.28. The van der Waals surface area contributed by atoms with E-state index in [1.54, 1.807) is 11.8 Å². The van der Waals surface area contributed by atoms with Crippen LogP contribution in [0.5, 0.6) is 0 Å². The fourth-order valence-corrected chi connectivity index (χ4v) is 3.29. The number of halogens is 1. The number of amides is 1. The number of aromatic nitrogens is 1. The van der Waals surface area contributed by atoms with Crippen LogP contribution in [0, 0.1) is 5.92 Å². The van der Waals surface area contributed by atoms with Gasteiger partial charge in [0.1, 0.15) is 5.69 Å². The van der Waals surface area contributed by atoms with Crippen molar-refractivity contribution >= 4 is 38.7 Å². The number of hydrogen-bond acceptors (Lipinski definition) is 2. The van der Waals surface area contributed by atoms with E-state index in [2.05, 4.69) is 20.9 Å². The molecule has 0 bridgehead atoms. The molecular formula is C15H15BrN2O3. The van der Waals surface area contributed by atoms with Crippen molar-refractivity contribution in [1.82, 2.24) is 9.88 Å². The van der Waals surface area contributed by atoms with Gasteiger partial charge in [-0.2, -0.15) is 0 Å². The predicted molar refractivity (Wildman–Crippen MR) is 82.2 cm³/mol. The first kappa shape index (κ1) is 14.1. The Kier molecular flexibility index (Phi) is 3.49. The summed E-state index contributed by atoms with van der Waals surface area (Å²) in [4.78, 5) is 28.5. The zero-order valence-electron chi connectivity index (χ0n) is 11.5. The van der Waals surface area contributed by atoms with Gasteiger partial charge in [0, 0.05) is 28.0 Å². The number of fused-ring (bicyclic) bond motifs is 1. The molecule has 2 unspecified atom stereocenters. The minimum absolute atomic E-state index is 0.140. The van der Waals surface area contributed by atoms with Crippen LogP contribution in [-0.4, -0.2) is 39.5 Å². The lowest BCUT2D eigenvalue weighted by atomic mass is 10.0. The highest BCUT2D eigenvalue weighted by atomic mass is 79.9. The number of aromatic amines is 1. The van der Waals surface area contributed by atoms with Crippen LogP contribution in [0.25, 0.3) is 10.9 Å².